The highest BCUT2D eigenvalue weighted by Gasteiger charge is 2.27. The Morgan fingerprint density at radius 3 is 2.50 bits per heavy atom. The SMILES string of the molecule is CCOc1cccc(C(=O)O)c1OCC(C)(O)C(C)C. The van der Waals surface area contributed by atoms with Crippen molar-refractivity contribution in [1.82, 2.24) is 0 Å². The lowest BCUT2D eigenvalue weighted by Gasteiger charge is -2.28. The fraction of sp³-hybridized carbons (Fsp3) is 0.533. The summed E-state index contributed by atoms with van der Waals surface area (Å²) >= 11 is 0. The molecule has 0 saturated heterocycles. The Hall–Kier alpha value is -1.75. The molecule has 0 saturated carbocycles. The second-order valence-electron chi connectivity index (χ2n) is 5.17. The molecule has 1 rings (SSSR count). The molecule has 0 aromatic heterocycles. The van der Waals surface area contributed by atoms with Gasteiger partial charge in [-0.2, -0.15) is 0 Å². The highest BCUT2D eigenvalue weighted by molar-refractivity contribution is 5.92. The Bertz CT molecular complexity index is 465. The van der Waals surface area contributed by atoms with E-state index in [1.165, 1.54) is 6.07 Å². The zero-order valence-electron chi connectivity index (χ0n) is 12.3. The van der Waals surface area contributed by atoms with E-state index in [2.05, 4.69) is 0 Å². The summed E-state index contributed by atoms with van der Waals surface area (Å²) in [4.78, 5) is 11.2. The smallest absolute Gasteiger partial charge is 0.339 e. The van der Waals surface area contributed by atoms with Crippen LogP contribution in [0.4, 0.5) is 0 Å². The predicted molar refractivity (Wildman–Crippen MR) is 75.5 cm³/mol. The second kappa shape index (κ2) is 6.61. The number of carboxylic acids is 1. The minimum atomic E-state index is -1.09. The fourth-order valence-electron chi connectivity index (χ4n) is 1.49. The fourth-order valence-corrected chi connectivity index (χ4v) is 1.49. The van der Waals surface area contributed by atoms with Gasteiger partial charge in [-0.3, -0.25) is 0 Å². The molecule has 0 bridgehead atoms. The van der Waals surface area contributed by atoms with Gasteiger partial charge in [0.2, 0.25) is 0 Å². The van der Waals surface area contributed by atoms with Gasteiger partial charge in [0.25, 0.3) is 0 Å². The largest absolute Gasteiger partial charge is 0.490 e. The number of carbonyl (C=O) groups is 1. The third kappa shape index (κ3) is 3.87. The van der Waals surface area contributed by atoms with Crippen LogP contribution in [0.5, 0.6) is 11.5 Å². The first kappa shape index (κ1) is 16.3. The van der Waals surface area contributed by atoms with Crippen molar-refractivity contribution in [3.63, 3.8) is 0 Å². The van der Waals surface area contributed by atoms with Crippen LogP contribution in [0.15, 0.2) is 18.2 Å². The molecule has 112 valence electrons. The molecular formula is C15H22O5. The van der Waals surface area contributed by atoms with E-state index >= 15 is 0 Å². The van der Waals surface area contributed by atoms with Gasteiger partial charge in [-0.15, -0.1) is 0 Å². The summed E-state index contributed by atoms with van der Waals surface area (Å²) in [6.07, 6.45) is 0. The van der Waals surface area contributed by atoms with Gasteiger partial charge in [0.1, 0.15) is 12.2 Å². The first-order chi connectivity index (χ1) is 9.29. The van der Waals surface area contributed by atoms with Gasteiger partial charge in [-0.25, -0.2) is 4.79 Å². The molecule has 2 N–H and O–H groups in total. The van der Waals surface area contributed by atoms with E-state index in [1.54, 1.807) is 19.1 Å². The number of ether oxygens (including phenoxy) is 2. The summed E-state index contributed by atoms with van der Waals surface area (Å²) in [5.41, 5.74) is -1.02. The van der Waals surface area contributed by atoms with E-state index in [4.69, 9.17) is 9.47 Å². The summed E-state index contributed by atoms with van der Waals surface area (Å²) in [6.45, 7) is 7.60. The van der Waals surface area contributed by atoms with E-state index in [1.807, 2.05) is 20.8 Å². The van der Waals surface area contributed by atoms with Gasteiger partial charge in [0, 0.05) is 0 Å². The number of aliphatic hydroxyl groups is 1. The molecule has 5 nitrogen and oxygen atoms in total. The number of hydrogen-bond donors (Lipinski definition) is 2. The Kier molecular flexibility index (Phi) is 5.39. The average Bonchev–Trinajstić information content (AvgIpc) is 2.37. The first-order valence-corrected chi connectivity index (χ1v) is 6.63. The van der Waals surface area contributed by atoms with Gasteiger partial charge in [0.05, 0.1) is 12.2 Å². The van der Waals surface area contributed by atoms with Crippen LogP contribution in [0.25, 0.3) is 0 Å². The Balaban J connectivity index is 3.05. The lowest BCUT2D eigenvalue weighted by Crippen LogP contribution is -2.38. The average molecular weight is 282 g/mol. The zero-order chi connectivity index (χ0) is 15.3. The van der Waals surface area contributed by atoms with Crippen molar-refractivity contribution in [3.8, 4) is 11.5 Å². The van der Waals surface area contributed by atoms with Crippen LogP contribution in [0.2, 0.25) is 0 Å². The van der Waals surface area contributed by atoms with E-state index < -0.39 is 11.6 Å². The van der Waals surface area contributed by atoms with Crippen LogP contribution in [0, 0.1) is 5.92 Å². The number of carboxylic acid groups (broad SMARTS) is 1. The monoisotopic (exact) mass is 282 g/mol. The summed E-state index contributed by atoms with van der Waals surface area (Å²) < 4.78 is 10.9. The molecule has 0 aliphatic heterocycles. The molecule has 0 fully saturated rings. The van der Waals surface area contributed by atoms with Gasteiger partial charge < -0.3 is 19.7 Å². The molecule has 5 heteroatoms. The van der Waals surface area contributed by atoms with E-state index in [-0.39, 0.29) is 23.8 Å². The molecule has 20 heavy (non-hydrogen) atoms. The van der Waals surface area contributed by atoms with Gasteiger partial charge in [-0.05, 0) is 31.9 Å². The van der Waals surface area contributed by atoms with Crippen molar-refractivity contribution in [2.45, 2.75) is 33.3 Å². The van der Waals surface area contributed by atoms with Crippen molar-refractivity contribution in [2.75, 3.05) is 13.2 Å². The molecule has 0 amide bonds. The van der Waals surface area contributed by atoms with Crippen LogP contribution < -0.4 is 9.47 Å². The summed E-state index contributed by atoms with van der Waals surface area (Å²) in [5, 5.41) is 19.4. The minimum absolute atomic E-state index is 0.00493. The number of aromatic carboxylic acids is 1. The summed E-state index contributed by atoms with van der Waals surface area (Å²) in [7, 11) is 0. The van der Waals surface area contributed by atoms with Crippen molar-refractivity contribution in [3.05, 3.63) is 23.8 Å². The standard InChI is InChI=1S/C15H22O5/c1-5-19-12-8-6-7-11(14(16)17)13(12)20-9-15(4,18)10(2)3/h6-8,10,18H,5,9H2,1-4H3,(H,16,17). The molecule has 1 unspecified atom stereocenters. The highest BCUT2D eigenvalue weighted by atomic mass is 16.5. The molecule has 1 aromatic rings. The quantitative estimate of drug-likeness (QED) is 0.804. The minimum Gasteiger partial charge on any atom is -0.490 e. The van der Waals surface area contributed by atoms with E-state index in [0.29, 0.717) is 12.4 Å². The van der Waals surface area contributed by atoms with Crippen LogP contribution in [-0.2, 0) is 0 Å². The van der Waals surface area contributed by atoms with Crippen LogP contribution in [0.3, 0.4) is 0 Å². The van der Waals surface area contributed by atoms with Gasteiger partial charge in [-0.1, -0.05) is 19.9 Å². The maximum Gasteiger partial charge on any atom is 0.339 e. The maximum absolute atomic E-state index is 11.2. The normalized spacial score (nSPS) is 13.9. The topological polar surface area (TPSA) is 76.0 Å². The Morgan fingerprint density at radius 1 is 1.35 bits per heavy atom. The lowest BCUT2D eigenvalue weighted by molar-refractivity contribution is -0.0275. The van der Waals surface area contributed by atoms with E-state index in [9.17, 15) is 15.0 Å². The lowest BCUT2D eigenvalue weighted by atomic mass is 9.94. The first-order valence-electron chi connectivity index (χ1n) is 6.63. The molecule has 1 aromatic carbocycles. The molecule has 0 aliphatic carbocycles. The van der Waals surface area contributed by atoms with Gasteiger partial charge in [0.15, 0.2) is 11.5 Å². The van der Waals surface area contributed by atoms with Crippen LogP contribution in [-0.4, -0.2) is 35.0 Å². The third-order valence-electron chi connectivity index (χ3n) is 3.26. The highest BCUT2D eigenvalue weighted by Crippen LogP contribution is 2.32. The van der Waals surface area contributed by atoms with Crippen molar-refractivity contribution in [2.24, 2.45) is 5.92 Å². The van der Waals surface area contributed by atoms with Crippen molar-refractivity contribution in [1.29, 1.82) is 0 Å². The molecular weight excluding hydrogens is 260 g/mol. The maximum atomic E-state index is 11.2. The molecule has 1 atom stereocenters. The third-order valence-corrected chi connectivity index (χ3v) is 3.26. The molecule has 0 spiro atoms. The molecule has 0 aliphatic rings. The number of benzene rings is 1. The summed E-state index contributed by atoms with van der Waals surface area (Å²) in [5.74, 6) is -0.587. The van der Waals surface area contributed by atoms with Gasteiger partial charge >= 0.3 is 5.97 Å². The van der Waals surface area contributed by atoms with Crippen molar-refractivity contribution >= 4 is 5.97 Å². The predicted octanol–water partition coefficient (Wildman–Crippen LogP) is 2.57. The number of hydrogen-bond acceptors (Lipinski definition) is 4. The Morgan fingerprint density at radius 2 is 2.00 bits per heavy atom. The number of rotatable bonds is 7. The zero-order valence-corrected chi connectivity index (χ0v) is 12.3. The van der Waals surface area contributed by atoms with Crippen molar-refractivity contribution < 1.29 is 24.5 Å². The molecule has 0 radical (unpaired) electrons. The summed E-state index contributed by atoms with van der Waals surface area (Å²) in [6, 6.07) is 4.70. The second-order valence-corrected chi connectivity index (χ2v) is 5.17. The number of para-hydroxylation sites is 1. The van der Waals surface area contributed by atoms with E-state index in [0.717, 1.165) is 0 Å². The Labute approximate surface area is 119 Å². The van der Waals surface area contributed by atoms with Crippen LogP contribution >= 0.6 is 0 Å². The van der Waals surface area contributed by atoms with Crippen LogP contribution in [0.1, 0.15) is 38.1 Å². The molecule has 0 heterocycles.